The summed E-state index contributed by atoms with van der Waals surface area (Å²) in [7, 11) is 0. The average Bonchev–Trinajstić information content (AvgIpc) is 2.29. The van der Waals surface area contributed by atoms with Crippen molar-refractivity contribution in [1.29, 1.82) is 0 Å². The Morgan fingerprint density at radius 3 is 2.59 bits per heavy atom. The minimum atomic E-state index is -0.548. The lowest BCUT2D eigenvalue weighted by atomic mass is 10.1. The van der Waals surface area contributed by atoms with Crippen LogP contribution in [0.4, 0.5) is 5.69 Å². The molecule has 0 heterocycles. The van der Waals surface area contributed by atoms with Crippen LogP contribution in [0.5, 0.6) is 0 Å². The molecule has 1 amide bonds. The van der Waals surface area contributed by atoms with E-state index in [1.165, 1.54) is 12.1 Å². The van der Waals surface area contributed by atoms with Crippen LogP contribution in [0.1, 0.15) is 5.56 Å². The van der Waals surface area contributed by atoms with Gasteiger partial charge in [-0.15, -0.1) is 0 Å². The number of nitrogens with one attached hydrogen (secondary N) is 1. The number of nitro groups is 1. The average molecular weight is 239 g/mol. The van der Waals surface area contributed by atoms with Crippen molar-refractivity contribution in [2.24, 2.45) is 5.73 Å². The highest BCUT2D eigenvalue weighted by Gasteiger charge is 2.03. The fourth-order valence-electron chi connectivity index (χ4n) is 1.17. The lowest BCUT2D eigenvalue weighted by Gasteiger charge is -2.03. The third-order valence-corrected chi connectivity index (χ3v) is 1.98. The van der Waals surface area contributed by atoms with Crippen molar-refractivity contribution in [3.63, 3.8) is 0 Å². The van der Waals surface area contributed by atoms with Crippen LogP contribution in [0.2, 0.25) is 0 Å². The zero-order valence-corrected chi connectivity index (χ0v) is 9.09. The van der Waals surface area contributed by atoms with Crippen LogP contribution in [-0.4, -0.2) is 24.0 Å². The molecule has 0 aromatic heterocycles. The number of hydrogen-bond donors (Lipinski definition) is 2. The van der Waals surface area contributed by atoms with Gasteiger partial charge in [0.1, 0.15) is 6.61 Å². The number of primary amides is 1. The van der Waals surface area contributed by atoms with E-state index in [0.29, 0.717) is 13.0 Å². The van der Waals surface area contributed by atoms with Crippen LogP contribution in [0.3, 0.4) is 0 Å². The Labute approximate surface area is 97.7 Å². The van der Waals surface area contributed by atoms with Gasteiger partial charge in [-0.3, -0.25) is 19.7 Å². The minimum Gasteiger partial charge on any atom is -0.368 e. The number of nitrogens with zero attached hydrogens (tertiary/aromatic N) is 1. The Morgan fingerprint density at radius 2 is 2.06 bits per heavy atom. The largest absolute Gasteiger partial charge is 0.368 e. The second-order valence-corrected chi connectivity index (χ2v) is 3.32. The summed E-state index contributed by atoms with van der Waals surface area (Å²) < 4.78 is 0. The molecule has 0 aliphatic carbocycles. The smallest absolute Gasteiger partial charge is 0.269 e. The van der Waals surface area contributed by atoms with Gasteiger partial charge >= 0.3 is 0 Å². The van der Waals surface area contributed by atoms with Gasteiger partial charge < -0.3 is 5.73 Å². The van der Waals surface area contributed by atoms with E-state index in [2.05, 4.69) is 5.48 Å². The maximum Gasteiger partial charge on any atom is 0.269 e. The zero-order valence-electron chi connectivity index (χ0n) is 9.09. The van der Waals surface area contributed by atoms with E-state index in [-0.39, 0.29) is 12.3 Å². The number of nitro benzene ring substituents is 1. The molecule has 0 radical (unpaired) electrons. The van der Waals surface area contributed by atoms with Gasteiger partial charge in [0.25, 0.3) is 5.69 Å². The lowest BCUT2D eigenvalue weighted by Crippen LogP contribution is -2.26. The lowest BCUT2D eigenvalue weighted by molar-refractivity contribution is -0.384. The van der Waals surface area contributed by atoms with E-state index in [1.807, 2.05) is 0 Å². The number of rotatable bonds is 7. The summed E-state index contributed by atoms with van der Waals surface area (Å²) in [6.45, 7) is 0.311. The summed E-state index contributed by atoms with van der Waals surface area (Å²) in [6, 6.07) is 6.24. The molecule has 1 aromatic rings. The van der Waals surface area contributed by atoms with E-state index in [9.17, 15) is 14.9 Å². The summed E-state index contributed by atoms with van der Waals surface area (Å²) in [5.74, 6) is -0.548. The number of nitrogens with two attached hydrogens (primary N) is 1. The number of carbonyl (C=O) groups is 1. The number of amides is 1. The molecule has 0 aliphatic rings. The first-order valence-corrected chi connectivity index (χ1v) is 4.96. The Bertz CT molecular complexity index is 391. The molecule has 7 nitrogen and oxygen atoms in total. The summed E-state index contributed by atoms with van der Waals surface area (Å²) in [5, 5.41) is 10.4. The van der Waals surface area contributed by atoms with E-state index >= 15 is 0 Å². The molecule has 3 N–H and O–H groups in total. The monoisotopic (exact) mass is 239 g/mol. The van der Waals surface area contributed by atoms with Crippen molar-refractivity contribution in [3.05, 3.63) is 39.9 Å². The highest BCUT2D eigenvalue weighted by Crippen LogP contribution is 2.11. The van der Waals surface area contributed by atoms with Gasteiger partial charge in [-0.05, 0) is 12.0 Å². The van der Waals surface area contributed by atoms with Gasteiger partial charge in [0.15, 0.2) is 0 Å². The minimum absolute atomic E-state index is 0.0617. The van der Waals surface area contributed by atoms with Crippen LogP contribution in [0.15, 0.2) is 24.3 Å². The molecule has 92 valence electrons. The molecule has 0 spiro atoms. The van der Waals surface area contributed by atoms with Gasteiger partial charge in [-0.25, -0.2) is 5.48 Å². The third kappa shape index (κ3) is 5.05. The highest BCUT2D eigenvalue weighted by atomic mass is 16.6. The van der Waals surface area contributed by atoms with E-state index in [0.717, 1.165) is 5.56 Å². The molecule has 1 rings (SSSR count). The topological polar surface area (TPSA) is 107 Å². The first-order chi connectivity index (χ1) is 8.09. The van der Waals surface area contributed by atoms with Crippen LogP contribution < -0.4 is 11.2 Å². The fourth-order valence-corrected chi connectivity index (χ4v) is 1.17. The summed E-state index contributed by atoms with van der Waals surface area (Å²) >= 11 is 0. The Balaban J connectivity index is 2.27. The molecule has 7 heteroatoms. The number of hydrogen-bond acceptors (Lipinski definition) is 5. The van der Waals surface area contributed by atoms with E-state index in [4.69, 9.17) is 10.6 Å². The van der Waals surface area contributed by atoms with E-state index < -0.39 is 10.8 Å². The Morgan fingerprint density at radius 1 is 1.41 bits per heavy atom. The second-order valence-electron chi connectivity index (χ2n) is 3.32. The summed E-state index contributed by atoms with van der Waals surface area (Å²) in [5.41, 5.74) is 8.43. The van der Waals surface area contributed by atoms with Crippen molar-refractivity contribution in [3.8, 4) is 0 Å². The van der Waals surface area contributed by atoms with Gasteiger partial charge in [0, 0.05) is 18.7 Å². The molecule has 1 aromatic carbocycles. The molecule has 0 bridgehead atoms. The third-order valence-electron chi connectivity index (χ3n) is 1.98. The summed E-state index contributed by atoms with van der Waals surface area (Å²) in [4.78, 5) is 25.0. The predicted octanol–water partition coefficient (Wildman–Crippen LogP) is 0.144. The maximum atomic E-state index is 10.4. The van der Waals surface area contributed by atoms with Gasteiger partial charge in [-0.2, -0.15) is 0 Å². The fraction of sp³-hybridized carbons (Fsp3) is 0.300. The maximum absolute atomic E-state index is 10.4. The molecule has 0 saturated carbocycles. The molecule has 0 saturated heterocycles. The Hall–Kier alpha value is -1.99. The molecule has 0 unspecified atom stereocenters. The summed E-state index contributed by atoms with van der Waals surface area (Å²) in [6.07, 6.45) is 0.636. The number of carbonyl (C=O) groups excluding carboxylic acids is 1. The molecule has 0 atom stereocenters. The number of non-ortho nitro benzene ring substituents is 1. The van der Waals surface area contributed by atoms with E-state index in [1.54, 1.807) is 12.1 Å². The number of hydroxylamine groups is 1. The molecule has 0 aliphatic heterocycles. The molecular weight excluding hydrogens is 226 g/mol. The Kier molecular flexibility index (Phi) is 5.05. The first-order valence-electron chi connectivity index (χ1n) is 4.96. The molecular formula is C10H13N3O4. The predicted molar refractivity (Wildman–Crippen MR) is 59.9 cm³/mol. The van der Waals surface area contributed by atoms with Gasteiger partial charge in [0.2, 0.25) is 5.91 Å². The van der Waals surface area contributed by atoms with Crippen molar-refractivity contribution in [2.45, 2.75) is 6.42 Å². The molecule has 17 heavy (non-hydrogen) atoms. The van der Waals surface area contributed by atoms with Crippen LogP contribution in [-0.2, 0) is 16.1 Å². The van der Waals surface area contributed by atoms with Crippen molar-refractivity contribution in [2.75, 3.05) is 13.2 Å². The molecule has 0 fully saturated rings. The quantitative estimate of drug-likeness (QED) is 0.400. The van der Waals surface area contributed by atoms with Gasteiger partial charge in [0.05, 0.1) is 4.92 Å². The second kappa shape index (κ2) is 6.56. The number of benzene rings is 1. The SMILES string of the molecule is NC(=O)CONCCc1ccc([N+](=O)[O-])cc1. The van der Waals surface area contributed by atoms with Crippen molar-refractivity contribution in [1.82, 2.24) is 5.48 Å². The van der Waals surface area contributed by atoms with Crippen molar-refractivity contribution < 1.29 is 14.6 Å². The van der Waals surface area contributed by atoms with Crippen LogP contribution >= 0.6 is 0 Å². The highest BCUT2D eigenvalue weighted by molar-refractivity contribution is 5.74. The van der Waals surface area contributed by atoms with Gasteiger partial charge in [-0.1, -0.05) is 12.1 Å². The standard InChI is InChI=1S/C10H13N3O4/c11-10(14)7-17-12-6-5-8-1-3-9(4-2-8)13(15)16/h1-4,12H,5-7H2,(H2,11,14). The van der Waals surface area contributed by atoms with Crippen molar-refractivity contribution >= 4 is 11.6 Å². The van der Waals surface area contributed by atoms with Crippen LogP contribution in [0.25, 0.3) is 0 Å². The van der Waals surface area contributed by atoms with Crippen LogP contribution in [0, 0.1) is 10.1 Å². The zero-order chi connectivity index (χ0) is 12.7. The first kappa shape index (κ1) is 13.1. The normalized spacial score (nSPS) is 10.1.